The molecular weight excluding hydrogens is 360 g/mol. The van der Waals surface area contributed by atoms with Crippen LogP contribution in [-0.2, 0) is 0 Å². The van der Waals surface area contributed by atoms with Gasteiger partial charge in [-0.05, 0) is 39.6 Å². The van der Waals surface area contributed by atoms with Gasteiger partial charge in [0.05, 0.1) is 12.6 Å². The lowest BCUT2D eigenvalue weighted by atomic mass is 10.0. The van der Waals surface area contributed by atoms with Gasteiger partial charge in [0.15, 0.2) is 5.96 Å². The topological polar surface area (TPSA) is 34.1 Å². The maximum atomic E-state index is 14.3. The van der Waals surface area contributed by atoms with Crippen molar-refractivity contribution >= 4 is 5.96 Å². The van der Waals surface area contributed by atoms with Crippen molar-refractivity contribution in [1.82, 2.24) is 20.0 Å². The van der Waals surface area contributed by atoms with Crippen LogP contribution in [-0.4, -0.2) is 80.1 Å². The van der Waals surface area contributed by atoms with E-state index in [9.17, 15) is 8.78 Å². The van der Waals surface area contributed by atoms with E-state index in [1.165, 1.54) is 18.2 Å². The zero-order valence-electron chi connectivity index (χ0n) is 17.0. The Hall–Kier alpha value is -1.99. The van der Waals surface area contributed by atoms with E-state index in [4.69, 9.17) is 4.99 Å². The van der Waals surface area contributed by atoms with Crippen LogP contribution in [0, 0.1) is 11.6 Å². The van der Waals surface area contributed by atoms with E-state index in [2.05, 4.69) is 27.3 Å². The molecule has 0 saturated carbocycles. The van der Waals surface area contributed by atoms with Gasteiger partial charge in [-0.1, -0.05) is 18.2 Å². The molecule has 0 aliphatic carbocycles. The monoisotopic (exact) mass is 391 g/mol. The molecule has 5 nitrogen and oxygen atoms in total. The molecule has 7 heteroatoms. The Bertz CT molecular complexity index is 690. The number of likely N-dealkylation sites (N-methyl/N-ethyl adjacent to an activating group) is 1. The zero-order valence-corrected chi connectivity index (χ0v) is 17.0. The Morgan fingerprint density at radius 2 is 1.93 bits per heavy atom. The molecule has 2 aliphatic heterocycles. The summed E-state index contributed by atoms with van der Waals surface area (Å²) < 4.78 is 28.6. The number of rotatable bonds is 6. The highest BCUT2D eigenvalue weighted by Crippen LogP contribution is 2.25. The van der Waals surface area contributed by atoms with Crippen LogP contribution in [0.15, 0.2) is 35.3 Å². The first-order chi connectivity index (χ1) is 13.5. The number of halogens is 2. The first-order valence-electron chi connectivity index (χ1n) is 10.0. The smallest absolute Gasteiger partial charge is 0.194 e. The maximum Gasteiger partial charge on any atom is 0.194 e. The summed E-state index contributed by atoms with van der Waals surface area (Å²) in [6.45, 7) is 6.98. The summed E-state index contributed by atoms with van der Waals surface area (Å²) in [5, 5.41) is 3.35. The normalized spacial score (nSPS) is 21.7. The molecular formula is C21H31F2N5. The van der Waals surface area contributed by atoms with Gasteiger partial charge in [0, 0.05) is 44.3 Å². The molecule has 1 saturated heterocycles. The molecule has 2 heterocycles. The van der Waals surface area contributed by atoms with Crippen LogP contribution in [0.3, 0.4) is 0 Å². The molecule has 0 bridgehead atoms. The van der Waals surface area contributed by atoms with E-state index in [-0.39, 0.29) is 5.56 Å². The zero-order chi connectivity index (χ0) is 20.1. The van der Waals surface area contributed by atoms with Crippen LogP contribution in [0.4, 0.5) is 8.78 Å². The molecule has 154 valence electrons. The van der Waals surface area contributed by atoms with Crippen molar-refractivity contribution in [2.24, 2.45) is 4.99 Å². The summed E-state index contributed by atoms with van der Waals surface area (Å²) in [6, 6.07) is 4.06. The highest BCUT2D eigenvalue weighted by molar-refractivity contribution is 5.80. The second-order valence-electron chi connectivity index (χ2n) is 7.62. The Morgan fingerprint density at radius 3 is 2.54 bits per heavy atom. The van der Waals surface area contributed by atoms with Crippen molar-refractivity contribution in [1.29, 1.82) is 0 Å². The molecule has 2 atom stereocenters. The molecule has 2 aliphatic rings. The first-order valence-corrected chi connectivity index (χ1v) is 10.0. The fourth-order valence-electron chi connectivity index (χ4n) is 3.97. The summed E-state index contributed by atoms with van der Waals surface area (Å²) in [5.74, 6) is -0.232. The lowest BCUT2D eigenvalue weighted by molar-refractivity contribution is 0.259. The van der Waals surface area contributed by atoms with Gasteiger partial charge >= 0.3 is 0 Å². The Balaban J connectivity index is 1.73. The van der Waals surface area contributed by atoms with Crippen LogP contribution in [0.5, 0.6) is 0 Å². The van der Waals surface area contributed by atoms with E-state index in [1.807, 2.05) is 25.9 Å². The lowest BCUT2D eigenvalue weighted by Gasteiger charge is -2.27. The van der Waals surface area contributed by atoms with E-state index in [1.54, 1.807) is 0 Å². The Labute approximate surface area is 166 Å². The van der Waals surface area contributed by atoms with Crippen molar-refractivity contribution in [3.05, 3.63) is 47.5 Å². The minimum absolute atomic E-state index is 0.0783. The SMILES string of the molecule is CCNC(=NCC(c1c(F)cccc1F)N(C)C)N1CCC(N2CC=CC2)C1. The number of aliphatic imine (C=N–C) groups is 1. The molecule has 0 spiro atoms. The largest absolute Gasteiger partial charge is 0.357 e. The van der Waals surface area contributed by atoms with Crippen LogP contribution in [0.25, 0.3) is 0 Å². The maximum absolute atomic E-state index is 14.3. The number of guanidine groups is 1. The van der Waals surface area contributed by atoms with E-state index in [0.717, 1.165) is 45.1 Å². The third-order valence-electron chi connectivity index (χ3n) is 5.53. The molecule has 1 aromatic carbocycles. The van der Waals surface area contributed by atoms with Gasteiger partial charge in [-0.25, -0.2) is 8.78 Å². The second-order valence-corrected chi connectivity index (χ2v) is 7.62. The second kappa shape index (κ2) is 9.47. The van der Waals surface area contributed by atoms with Crippen molar-refractivity contribution < 1.29 is 8.78 Å². The molecule has 1 fully saturated rings. The average molecular weight is 392 g/mol. The van der Waals surface area contributed by atoms with Gasteiger partial charge in [0.2, 0.25) is 0 Å². The summed E-state index contributed by atoms with van der Waals surface area (Å²) >= 11 is 0. The fourth-order valence-corrected chi connectivity index (χ4v) is 3.97. The molecule has 3 rings (SSSR count). The minimum Gasteiger partial charge on any atom is -0.357 e. The standard InChI is InChI=1S/C21H31F2N5/c1-4-24-21(28-13-10-16(15-28)27-11-5-6-12-27)25-14-19(26(2)3)20-17(22)8-7-9-18(20)23/h5-9,16,19H,4,10-15H2,1-3H3,(H,24,25). The minimum atomic E-state index is -0.526. The summed E-state index contributed by atoms with van der Waals surface area (Å²) in [6.07, 6.45) is 5.53. The van der Waals surface area contributed by atoms with Gasteiger partial charge < -0.3 is 15.1 Å². The van der Waals surface area contributed by atoms with Crippen molar-refractivity contribution in [3.8, 4) is 0 Å². The highest BCUT2D eigenvalue weighted by atomic mass is 19.1. The lowest BCUT2D eigenvalue weighted by Crippen LogP contribution is -2.43. The predicted octanol–water partition coefficient (Wildman–Crippen LogP) is 2.48. The summed E-state index contributed by atoms with van der Waals surface area (Å²) in [4.78, 5) is 11.3. The quantitative estimate of drug-likeness (QED) is 0.459. The molecule has 0 amide bonds. The molecule has 2 unspecified atom stereocenters. The van der Waals surface area contributed by atoms with Crippen LogP contribution in [0.2, 0.25) is 0 Å². The third-order valence-corrected chi connectivity index (χ3v) is 5.53. The van der Waals surface area contributed by atoms with E-state index in [0.29, 0.717) is 12.6 Å². The van der Waals surface area contributed by atoms with Gasteiger partial charge in [-0.3, -0.25) is 9.89 Å². The molecule has 28 heavy (non-hydrogen) atoms. The summed E-state index contributed by atoms with van der Waals surface area (Å²) in [7, 11) is 3.65. The molecule has 1 N–H and O–H groups in total. The van der Waals surface area contributed by atoms with Gasteiger partial charge in [-0.15, -0.1) is 0 Å². The molecule has 1 aromatic rings. The number of nitrogens with zero attached hydrogens (tertiary/aromatic N) is 4. The average Bonchev–Trinajstić information content (AvgIpc) is 3.34. The van der Waals surface area contributed by atoms with Gasteiger partial charge in [-0.2, -0.15) is 0 Å². The van der Waals surface area contributed by atoms with Crippen LogP contribution < -0.4 is 5.32 Å². The highest BCUT2D eigenvalue weighted by Gasteiger charge is 2.30. The van der Waals surface area contributed by atoms with E-state index >= 15 is 0 Å². The predicted molar refractivity (Wildman–Crippen MR) is 109 cm³/mol. The fraction of sp³-hybridized carbons (Fsp3) is 0.571. The van der Waals surface area contributed by atoms with Crippen molar-refractivity contribution in [3.63, 3.8) is 0 Å². The Kier molecular flexibility index (Phi) is 7.02. The number of benzene rings is 1. The number of hydrogen-bond donors (Lipinski definition) is 1. The van der Waals surface area contributed by atoms with Crippen LogP contribution >= 0.6 is 0 Å². The van der Waals surface area contributed by atoms with Crippen LogP contribution in [0.1, 0.15) is 24.9 Å². The number of hydrogen-bond acceptors (Lipinski definition) is 3. The number of nitrogens with one attached hydrogen (secondary N) is 1. The van der Waals surface area contributed by atoms with E-state index < -0.39 is 17.7 Å². The summed E-state index contributed by atoms with van der Waals surface area (Å²) in [5.41, 5.74) is 0.0783. The van der Waals surface area contributed by atoms with Crippen molar-refractivity contribution in [2.75, 3.05) is 53.4 Å². The first kappa shape index (κ1) is 20.7. The molecule has 0 radical (unpaired) electrons. The molecule has 0 aromatic heterocycles. The number of likely N-dealkylation sites (tertiary alicyclic amines) is 1. The Morgan fingerprint density at radius 1 is 1.25 bits per heavy atom. The third kappa shape index (κ3) is 4.70. The van der Waals surface area contributed by atoms with Crippen molar-refractivity contribution in [2.45, 2.75) is 25.4 Å². The van der Waals surface area contributed by atoms with Gasteiger partial charge in [0.25, 0.3) is 0 Å². The van der Waals surface area contributed by atoms with Gasteiger partial charge in [0.1, 0.15) is 11.6 Å².